The molecule has 80 valence electrons. The summed E-state index contributed by atoms with van der Waals surface area (Å²) in [5.74, 6) is -0.717. The van der Waals surface area contributed by atoms with Gasteiger partial charge in [0.15, 0.2) is 0 Å². The highest BCUT2D eigenvalue weighted by Crippen LogP contribution is 2.02. The van der Waals surface area contributed by atoms with Gasteiger partial charge in [-0.2, -0.15) is 0 Å². The average Bonchev–Trinajstić information content (AvgIpc) is 2.19. The van der Waals surface area contributed by atoms with Gasteiger partial charge in [0.05, 0.1) is 0 Å². The molecule has 0 fully saturated rings. The predicted molar refractivity (Wildman–Crippen MR) is 53.6 cm³/mol. The first kappa shape index (κ1) is 11.0. The van der Waals surface area contributed by atoms with Crippen LogP contribution in [0.2, 0.25) is 0 Å². The van der Waals surface area contributed by atoms with Crippen molar-refractivity contribution in [3.63, 3.8) is 0 Å². The van der Waals surface area contributed by atoms with E-state index in [9.17, 15) is 9.59 Å². The van der Waals surface area contributed by atoms with E-state index in [2.05, 4.69) is 15.6 Å². The molecule has 0 radical (unpaired) electrons. The molecule has 0 spiro atoms. The largest absolute Gasteiger partial charge is 0.480 e. The maximum Gasteiger partial charge on any atom is 0.323 e. The number of aryl methyl sites for hydroxylation is 1. The molecule has 1 heterocycles. The Balaban J connectivity index is 2.44. The van der Waals surface area contributed by atoms with E-state index in [-0.39, 0.29) is 0 Å². The number of carbonyl (C=O) groups is 2. The Morgan fingerprint density at radius 2 is 2.20 bits per heavy atom. The lowest BCUT2D eigenvalue weighted by atomic mass is 10.3. The third-order valence-electron chi connectivity index (χ3n) is 1.55. The van der Waals surface area contributed by atoms with Gasteiger partial charge in [-0.25, -0.2) is 9.78 Å². The van der Waals surface area contributed by atoms with Crippen LogP contribution in [0.15, 0.2) is 18.3 Å². The van der Waals surface area contributed by atoms with E-state index < -0.39 is 18.5 Å². The number of amides is 2. The summed E-state index contributed by atoms with van der Waals surface area (Å²) in [5.41, 5.74) is 0.978. The summed E-state index contributed by atoms with van der Waals surface area (Å²) < 4.78 is 0. The maximum atomic E-state index is 11.1. The van der Waals surface area contributed by atoms with Crippen molar-refractivity contribution in [3.8, 4) is 0 Å². The number of nitrogens with zero attached hydrogens (tertiary/aromatic N) is 1. The summed E-state index contributed by atoms with van der Waals surface area (Å²) >= 11 is 0. The molecular weight excluding hydrogens is 198 g/mol. The monoisotopic (exact) mass is 209 g/mol. The van der Waals surface area contributed by atoms with Crippen molar-refractivity contribution in [2.75, 3.05) is 11.9 Å². The summed E-state index contributed by atoms with van der Waals surface area (Å²) in [7, 11) is 0. The highest BCUT2D eigenvalue weighted by Gasteiger charge is 2.03. The maximum absolute atomic E-state index is 11.1. The Labute approximate surface area is 86.3 Å². The van der Waals surface area contributed by atoms with E-state index in [1.165, 1.54) is 0 Å². The predicted octanol–water partition coefficient (Wildman–Crippen LogP) is 0.596. The van der Waals surface area contributed by atoms with Gasteiger partial charge in [0.2, 0.25) is 0 Å². The van der Waals surface area contributed by atoms with Crippen LogP contribution in [-0.4, -0.2) is 28.6 Å². The van der Waals surface area contributed by atoms with Gasteiger partial charge in [0.1, 0.15) is 12.4 Å². The molecule has 0 saturated carbocycles. The van der Waals surface area contributed by atoms with Crippen molar-refractivity contribution < 1.29 is 14.7 Å². The molecule has 6 nitrogen and oxygen atoms in total. The molecule has 0 aliphatic carbocycles. The van der Waals surface area contributed by atoms with Crippen molar-refractivity contribution in [2.45, 2.75) is 6.92 Å². The van der Waals surface area contributed by atoms with Gasteiger partial charge in [-0.15, -0.1) is 0 Å². The number of aliphatic carboxylic acids is 1. The van der Waals surface area contributed by atoms with Crippen LogP contribution >= 0.6 is 0 Å². The molecule has 1 aromatic rings. The van der Waals surface area contributed by atoms with Crippen LogP contribution in [0.25, 0.3) is 0 Å². The highest BCUT2D eigenvalue weighted by molar-refractivity contribution is 5.90. The van der Waals surface area contributed by atoms with Crippen LogP contribution in [0.5, 0.6) is 0 Å². The fourth-order valence-electron chi connectivity index (χ4n) is 0.858. The number of carboxylic acids is 1. The lowest BCUT2D eigenvalue weighted by Crippen LogP contribution is -2.33. The smallest absolute Gasteiger partial charge is 0.323 e. The summed E-state index contributed by atoms with van der Waals surface area (Å²) in [4.78, 5) is 25.1. The molecule has 0 atom stereocenters. The quantitative estimate of drug-likeness (QED) is 0.679. The molecule has 1 rings (SSSR count). The van der Waals surface area contributed by atoms with Crippen LogP contribution in [0.3, 0.4) is 0 Å². The van der Waals surface area contributed by atoms with Crippen LogP contribution < -0.4 is 10.6 Å². The van der Waals surface area contributed by atoms with Gasteiger partial charge in [0.25, 0.3) is 0 Å². The molecule has 0 aromatic carbocycles. The number of rotatable bonds is 3. The summed E-state index contributed by atoms with van der Waals surface area (Å²) in [5, 5.41) is 12.9. The van der Waals surface area contributed by atoms with Gasteiger partial charge >= 0.3 is 12.0 Å². The first-order chi connectivity index (χ1) is 7.08. The zero-order chi connectivity index (χ0) is 11.3. The number of anilines is 1. The van der Waals surface area contributed by atoms with Crippen LogP contribution in [0.1, 0.15) is 5.56 Å². The first-order valence-corrected chi connectivity index (χ1v) is 4.27. The molecular formula is C9H11N3O3. The number of urea groups is 1. The standard InChI is InChI=1S/C9H11N3O3/c1-6-2-3-7(10-4-6)12-9(15)11-5-8(13)14/h2-4H,5H2,1H3,(H,13,14)(H2,10,11,12,15). The van der Waals surface area contributed by atoms with E-state index in [1.54, 1.807) is 18.3 Å². The Bertz CT molecular complexity index is 361. The van der Waals surface area contributed by atoms with E-state index >= 15 is 0 Å². The summed E-state index contributed by atoms with van der Waals surface area (Å²) in [6.45, 7) is 1.46. The molecule has 15 heavy (non-hydrogen) atoms. The van der Waals surface area contributed by atoms with Gasteiger partial charge < -0.3 is 10.4 Å². The Morgan fingerprint density at radius 1 is 1.47 bits per heavy atom. The van der Waals surface area contributed by atoms with E-state index in [0.29, 0.717) is 5.82 Å². The van der Waals surface area contributed by atoms with Gasteiger partial charge in [-0.1, -0.05) is 6.07 Å². The third-order valence-corrected chi connectivity index (χ3v) is 1.55. The minimum atomic E-state index is -1.10. The normalized spacial score (nSPS) is 9.40. The second-order valence-electron chi connectivity index (χ2n) is 2.92. The molecule has 0 unspecified atom stereocenters. The fraction of sp³-hybridized carbons (Fsp3) is 0.222. The Kier molecular flexibility index (Phi) is 3.61. The zero-order valence-corrected chi connectivity index (χ0v) is 8.15. The number of pyridine rings is 1. The number of nitrogens with one attached hydrogen (secondary N) is 2. The van der Waals surface area contributed by atoms with E-state index in [0.717, 1.165) is 5.56 Å². The van der Waals surface area contributed by atoms with Crippen molar-refractivity contribution in [1.29, 1.82) is 0 Å². The van der Waals surface area contributed by atoms with Crippen LogP contribution in [-0.2, 0) is 4.79 Å². The lowest BCUT2D eigenvalue weighted by molar-refractivity contribution is -0.135. The SMILES string of the molecule is Cc1ccc(NC(=O)NCC(=O)O)nc1. The highest BCUT2D eigenvalue weighted by atomic mass is 16.4. The zero-order valence-electron chi connectivity index (χ0n) is 8.15. The van der Waals surface area contributed by atoms with Crippen molar-refractivity contribution >= 4 is 17.8 Å². The molecule has 0 aliphatic rings. The van der Waals surface area contributed by atoms with Crippen molar-refractivity contribution in [1.82, 2.24) is 10.3 Å². The van der Waals surface area contributed by atoms with Gasteiger partial charge in [-0.3, -0.25) is 10.1 Å². The second-order valence-corrected chi connectivity index (χ2v) is 2.92. The minimum Gasteiger partial charge on any atom is -0.480 e. The van der Waals surface area contributed by atoms with Gasteiger partial charge in [-0.05, 0) is 18.6 Å². The van der Waals surface area contributed by atoms with Gasteiger partial charge in [0, 0.05) is 6.20 Å². The second kappa shape index (κ2) is 4.94. The molecule has 6 heteroatoms. The minimum absolute atomic E-state index is 0.378. The third kappa shape index (κ3) is 4.08. The molecule has 2 amide bonds. The fourth-order valence-corrected chi connectivity index (χ4v) is 0.858. The number of aromatic nitrogens is 1. The van der Waals surface area contributed by atoms with E-state index in [4.69, 9.17) is 5.11 Å². The summed E-state index contributed by atoms with van der Waals surface area (Å²) in [6, 6.07) is 2.84. The van der Waals surface area contributed by atoms with Crippen molar-refractivity contribution in [3.05, 3.63) is 23.9 Å². The number of hydrogen-bond donors (Lipinski definition) is 3. The molecule has 3 N–H and O–H groups in total. The lowest BCUT2D eigenvalue weighted by Gasteiger charge is -2.04. The number of carbonyl (C=O) groups excluding carboxylic acids is 1. The van der Waals surface area contributed by atoms with Crippen LogP contribution in [0.4, 0.5) is 10.6 Å². The van der Waals surface area contributed by atoms with Crippen LogP contribution in [0, 0.1) is 6.92 Å². The number of carboxylic acid groups (broad SMARTS) is 1. The topological polar surface area (TPSA) is 91.3 Å². The van der Waals surface area contributed by atoms with E-state index in [1.807, 2.05) is 6.92 Å². The Morgan fingerprint density at radius 3 is 2.73 bits per heavy atom. The van der Waals surface area contributed by atoms with Crippen molar-refractivity contribution in [2.24, 2.45) is 0 Å². The number of hydrogen-bond acceptors (Lipinski definition) is 3. The molecule has 1 aromatic heterocycles. The molecule has 0 saturated heterocycles. The Hall–Kier alpha value is -2.11. The summed E-state index contributed by atoms with van der Waals surface area (Å²) in [6.07, 6.45) is 1.60. The average molecular weight is 209 g/mol. The molecule has 0 bridgehead atoms. The first-order valence-electron chi connectivity index (χ1n) is 4.27. The molecule has 0 aliphatic heterocycles.